The molecule has 12 heteroatoms. The Bertz CT molecular complexity index is 1250. The van der Waals surface area contributed by atoms with E-state index >= 15 is 0 Å². The minimum absolute atomic E-state index is 0.513. The molecule has 0 heterocycles. The number of phenolic OH excluding ortho intramolecular Hbond substituents is 4. The Balaban J connectivity index is 2.14. The maximum atomic E-state index is 14.4. The second-order valence-corrected chi connectivity index (χ2v) is 8.29. The minimum atomic E-state index is -1.81. The number of aromatic hydroxyl groups is 4. The SMILES string of the molecule is Oc1c(F)cc(C(c2cc(F)c(O)c(F)c2)C(c2cc(F)c(O)c(F)c2)c2cc(F)c(O)c(F)c2)cc1F. The highest BCUT2D eigenvalue weighted by Gasteiger charge is 2.34. The van der Waals surface area contributed by atoms with Crippen molar-refractivity contribution in [1.29, 1.82) is 0 Å². The van der Waals surface area contributed by atoms with E-state index in [-0.39, 0.29) is 0 Å². The fourth-order valence-electron chi connectivity index (χ4n) is 4.21. The Labute approximate surface area is 208 Å². The van der Waals surface area contributed by atoms with Crippen molar-refractivity contribution < 1.29 is 55.5 Å². The molecule has 4 rings (SSSR count). The van der Waals surface area contributed by atoms with Gasteiger partial charge in [-0.05, 0) is 70.8 Å². The number of halogens is 8. The number of hydrogen-bond donors (Lipinski definition) is 4. The van der Waals surface area contributed by atoms with Crippen LogP contribution < -0.4 is 0 Å². The van der Waals surface area contributed by atoms with Gasteiger partial charge in [0.05, 0.1) is 0 Å². The van der Waals surface area contributed by atoms with E-state index in [4.69, 9.17) is 0 Å². The lowest BCUT2D eigenvalue weighted by molar-refractivity contribution is 0.390. The smallest absolute Gasteiger partial charge is 0.187 e. The summed E-state index contributed by atoms with van der Waals surface area (Å²) in [5, 5.41) is 38.1. The van der Waals surface area contributed by atoms with Crippen LogP contribution in [0.15, 0.2) is 48.5 Å². The minimum Gasteiger partial charge on any atom is -0.503 e. The van der Waals surface area contributed by atoms with Crippen molar-refractivity contribution in [3.05, 3.63) is 117 Å². The van der Waals surface area contributed by atoms with E-state index in [1.807, 2.05) is 0 Å². The van der Waals surface area contributed by atoms with Crippen LogP contribution in [-0.2, 0) is 0 Å². The lowest BCUT2D eigenvalue weighted by Gasteiger charge is -2.30. The summed E-state index contributed by atoms with van der Waals surface area (Å²) >= 11 is 0. The molecule has 38 heavy (non-hydrogen) atoms. The average molecular weight is 542 g/mol. The summed E-state index contributed by atoms with van der Waals surface area (Å²) in [6.07, 6.45) is 0. The zero-order valence-corrected chi connectivity index (χ0v) is 18.6. The van der Waals surface area contributed by atoms with Crippen LogP contribution in [-0.4, -0.2) is 20.4 Å². The summed E-state index contributed by atoms with van der Waals surface area (Å²) in [5.74, 6) is -21.8. The quantitative estimate of drug-likeness (QED) is 0.215. The first-order valence-electron chi connectivity index (χ1n) is 10.5. The Kier molecular flexibility index (Phi) is 6.83. The monoisotopic (exact) mass is 542 g/mol. The van der Waals surface area contributed by atoms with Crippen molar-refractivity contribution in [3.8, 4) is 23.0 Å². The zero-order chi connectivity index (χ0) is 28.0. The molecular formula is C26H14F8O4. The van der Waals surface area contributed by atoms with Gasteiger partial charge in [-0.1, -0.05) is 0 Å². The van der Waals surface area contributed by atoms with Crippen LogP contribution in [0.4, 0.5) is 35.1 Å². The molecule has 0 fully saturated rings. The predicted molar refractivity (Wildman–Crippen MR) is 116 cm³/mol. The van der Waals surface area contributed by atoms with Crippen LogP contribution in [0.1, 0.15) is 34.1 Å². The topological polar surface area (TPSA) is 80.9 Å². The van der Waals surface area contributed by atoms with Crippen molar-refractivity contribution in [1.82, 2.24) is 0 Å². The molecule has 0 aliphatic rings. The van der Waals surface area contributed by atoms with E-state index in [0.29, 0.717) is 48.5 Å². The predicted octanol–water partition coefficient (Wildman–Crippen LogP) is 6.59. The van der Waals surface area contributed by atoms with Gasteiger partial charge in [0.15, 0.2) is 69.5 Å². The third-order valence-corrected chi connectivity index (χ3v) is 5.93. The van der Waals surface area contributed by atoms with Crippen molar-refractivity contribution in [2.24, 2.45) is 0 Å². The van der Waals surface area contributed by atoms with Crippen LogP contribution in [0.5, 0.6) is 23.0 Å². The van der Waals surface area contributed by atoms with E-state index in [2.05, 4.69) is 0 Å². The lowest BCUT2D eigenvalue weighted by Crippen LogP contribution is -2.17. The number of rotatable bonds is 5. The van der Waals surface area contributed by atoms with Crippen LogP contribution >= 0.6 is 0 Å². The molecule has 4 aromatic carbocycles. The standard InChI is InChI=1S/C26H14F8O4/c27-13-1-9(2-14(28)23(13)35)21(10-3-15(29)24(36)16(30)4-10)22(11-5-17(31)25(37)18(32)6-11)12-7-19(33)26(38)20(34)8-12/h1-8,21-22,35-38H. The fourth-order valence-corrected chi connectivity index (χ4v) is 4.21. The second kappa shape index (κ2) is 9.77. The van der Waals surface area contributed by atoms with Gasteiger partial charge in [0.25, 0.3) is 0 Å². The first-order valence-corrected chi connectivity index (χ1v) is 10.5. The third-order valence-electron chi connectivity index (χ3n) is 5.93. The highest BCUT2D eigenvalue weighted by atomic mass is 19.2. The molecule has 0 aromatic heterocycles. The Morgan fingerprint density at radius 1 is 0.316 bits per heavy atom. The summed E-state index contributed by atoms with van der Waals surface area (Å²) in [4.78, 5) is 0. The summed E-state index contributed by atoms with van der Waals surface area (Å²) in [7, 11) is 0. The van der Waals surface area contributed by atoms with Gasteiger partial charge in [0, 0.05) is 11.8 Å². The van der Waals surface area contributed by atoms with Crippen LogP contribution in [0.25, 0.3) is 0 Å². The molecular weight excluding hydrogens is 528 g/mol. The molecule has 0 bridgehead atoms. The van der Waals surface area contributed by atoms with E-state index in [0.717, 1.165) is 0 Å². The summed E-state index contributed by atoms with van der Waals surface area (Å²) < 4.78 is 115. The first kappa shape index (κ1) is 26.6. The Morgan fingerprint density at radius 3 is 0.579 bits per heavy atom. The molecule has 4 N–H and O–H groups in total. The highest BCUT2D eigenvalue weighted by molar-refractivity contribution is 5.49. The fraction of sp³-hybridized carbons (Fsp3) is 0.0769. The molecule has 0 amide bonds. The van der Waals surface area contributed by atoms with E-state index in [9.17, 15) is 55.5 Å². The maximum absolute atomic E-state index is 14.4. The van der Waals surface area contributed by atoms with Gasteiger partial charge in [-0.25, -0.2) is 35.1 Å². The van der Waals surface area contributed by atoms with Crippen LogP contribution in [0, 0.1) is 46.5 Å². The van der Waals surface area contributed by atoms with Gasteiger partial charge in [-0.3, -0.25) is 0 Å². The number of hydrogen-bond acceptors (Lipinski definition) is 4. The van der Waals surface area contributed by atoms with Gasteiger partial charge in [0.2, 0.25) is 0 Å². The van der Waals surface area contributed by atoms with Crippen LogP contribution in [0.3, 0.4) is 0 Å². The van der Waals surface area contributed by atoms with Crippen molar-refractivity contribution in [3.63, 3.8) is 0 Å². The molecule has 0 aliphatic heterocycles. The van der Waals surface area contributed by atoms with Gasteiger partial charge < -0.3 is 20.4 Å². The number of benzene rings is 4. The maximum Gasteiger partial charge on any atom is 0.187 e. The van der Waals surface area contributed by atoms with Gasteiger partial charge in [-0.2, -0.15) is 0 Å². The normalized spacial score (nSPS) is 11.5. The summed E-state index contributed by atoms with van der Waals surface area (Å²) in [5.41, 5.74) is -2.13. The Hall–Kier alpha value is -4.48. The second-order valence-electron chi connectivity index (χ2n) is 8.29. The molecule has 0 saturated heterocycles. The molecule has 4 nitrogen and oxygen atoms in total. The van der Waals surface area contributed by atoms with Crippen molar-refractivity contribution >= 4 is 0 Å². The number of phenols is 4. The van der Waals surface area contributed by atoms with Crippen molar-refractivity contribution in [2.75, 3.05) is 0 Å². The molecule has 0 radical (unpaired) electrons. The van der Waals surface area contributed by atoms with Gasteiger partial charge in [0.1, 0.15) is 0 Å². The molecule has 0 aliphatic carbocycles. The largest absolute Gasteiger partial charge is 0.503 e. The first-order chi connectivity index (χ1) is 17.8. The molecule has 198 valence electrons. The zero-order valence-electron chi connectivity index (χ0n) is 18.6. The average Bonchev–Trinajstić information content (AvgIpc) is 2.85. The van der Waals surface area contributed by atoms with Gasteiger partial charge >= 0.3 is 0 Å². The molecule has 4 aromatic rings. The third kappa shape index (κ3) is 4.64. The molecule has 0 saturated carbocycles. The molecule has 0 unspecified atom stereocenters. The molecule has 0 atom stereocenters. The molecule has 0 spiro atoms. The Morgan fingerprint density at radius 2 is 0.447 bits per heavy atom. The van der Waals surface area contributed by atoms with E-state index < -0.39 is 104 Å². The summed E-state index contributed by atoms with van der Waals surface area (Å²) in [6.45, 7) is 0. The van der Waals surface area contributed by atoms with Crippen LogP contribution in [0.2, 0.25) is 0 Å². The van der Waals surface area contributed by atoms with E-state index in [1.54, 1.807) is 0 Å². The van der Waals surface area contributed by atoms with Crippen molar-refractivity contribution in [2.45, 2.75) is 11.8 Å². The van der Waals surface area contributed by atoms with Gasteiger partial charge in [-0.15, -0.1) is 0 Å². The lowest BCUT2D eigenvalue weighted by atomic mass is 9.73. The van der Waals surface area contributed by atoms with E-state index in [1.165, 1.54) is 0 Å². The summed E-state index contributed by atoms with van der Waals surface area (Å²) in [6, 6.07) is 4.10. The highest BCUT2D eigenvalue weighted by Crippen LogP contribution is 2.47.